The largest absolute Gasteiger partial charge is 0.496 e. The Morgan fingerprint density at radius 1 is 1.35 bits per heavy atom. The molecule has 1 fully saturated rings. The van der Waals surface area contributed by atoms with Crippen molar-refractivity contribution in [2.24, 2.45) is 11.7 Å². The summed E-state index contributed by atoms with van der Waals surface area (Å²) >= 11 is 6.26. The van der Waals surface area contributed by atoms with E-state index in [4.69, 9.17) is 22.1 Å². The Labute approximate surface area is 156 Å². The monoisotopic (exact) mass is 377 g/mol. The quantitative estimate of drug-likeness (QED) is 0.844. The number of halogens is 2. The maximum atomic E-state index is 13.4. The van der Waals surface area contributed by atoms with Crippen LogP contribution in [0.15, 0.2) is 30.5 Å². The van der Waals surface area contributed by atoms with Crippen molar-refractivity contribution in [2.75, 3.05) is 12.4 Å². The van der Waals surface area contributed by atoms with Gasteiger partial charge in [0.15, 0.2) is 0 Å². The number of hydrogen-bond donors (Lipinski definition) is 2. The summed E-state index contributed by atoms with van der Waals surface area (Å²) in [6.45, 7) is 0. The number of carbonyl (C=O) groups excluding carboxylic acids is 1. The van der Waals surface area contributed by atoms with Crippen molar-refractivity contribution in [1.29, 1.82) is 0 Å². The number of benzene rings is 1. The van der Waals surface area contributed by atoms with Gasteiger partial charge in [0.05, 0.1) is 12.1 Å². The summed E-state index contributed by atoms with van der Waals surface area (Å²) < 4.78 is 18.7. The second kappa shape index (κ2) is 8.01. The van der Waals surface area contributed by atoms with Crippen molar-refractivity contribution in [1.82, 2.24) is 4.98 Å². The van der Waals surface area contributed by atoms with Gasteiger partial charge in [-0.3, -0.25) is 4.79 Å². The van der Waals surface area contributed by atoms with Crippen molar-refractivity contribution in [2.45, 2.75) is 31.7 Å². The zero-order valence-corrected chi connectivity index (χ0v) is 15.2. The molecule has 2 atom stereocenters. The molecule has 7 heteroatoms. The number of nitrogens with two attached hydrogens (primary N) is 1. The molecule has 26 heavy (non-hydrogen) atoms. The van der Waals surface area contributed by atoms with Gasteiger partial charge in [-0.2, -0.15) is 0 Å². The first-order chi connectivity index (χ1) is 12.5. The molecule has 1 aromatic heterocycles. The average Bonchev–Trinajstić information content (AvgIpc) is 2.63. The van der Waals surface area contributed by atoms with Crippen LogP contribution in [0.3, 0.4) is 0 Å². The Morgan fingerprint density at radius 2 is 2.15 bits per heavy atom. The number of methoxy groups -OCH3 is 1. The van der Waals surface area contributed by atoms with Gasteiger partial charge in [0, 0.05) is 35.3 Å². The molecule has 0 aliphatic heterocycles. The minimum atomic E-state index is -0.405. The van der Waals surface area contributed by atoms with Crippen LogP contribution in [-0.4, -0.2) is 24.0 Å². The highest BCUT2D eigenvalue weighted by atomic mass is 35.5. The molecule has 0 radical (unpaired) electrons. The molecule has 1 amide bonds. The third-order valence-electron chi connectivity index (χ3n) is 4.65. The molecule has 0 saturated heterocycles. The van der Waals surface area contributed by atoms with Crippen LogP contribution in [-0.2, 0) is 4.79 Å². The minimum Gasteiger partial charge on any atom is -0.496 e. The Bertz CT molecular complexity index is 815. The number of carbonyl (C=O) groups is 1. The van der Waals surface area contributed by atoms with E-state index < -0.39 is 5.82 Å². The highest BCUT2D eigenvalue weighted by Crippen LogP contribution is 2.36. The van der Waals surface area contributed by atoms with E-state index in [0.29, 0.717) is 34.1 Å². The number of hydrogen-bond acceptors (Lipinski definition) is 4. The number of amides is 1. The van der Waals surface area contributed by atoms with Crippen molar-refractivity contribution in [3.8, 4) is 16.9 Å². The molecule has 1 saturated carbocycles. The standard InChI is InChI=1S/C19H21ClFN3O2/c1-26-17-8-12(21)5-6-14(17)15-9-18(23-10-16(15)20)24-19(25)11-3-2-4-13(22)7-11/h5-6,8-11,13H,2-4,7,22H2,1H3,(H,23,24,25)/t11-,13+/m1/s1. The molecular weight excluding hydrogens is 357 g/mol. The van der Waals surface area contributed by atoms with Crippen molar-refractivity contribution in [3.63, 3.8) is 0 Å². The molecule has 138 valence electrons. The zero-order valence-electron chi connectivity index (χ0n) is 14.5. The average molecular weight is 378 g/mol. The Kier molecular flexibility index (Phi) is 5.74. The molecule has 1 aliphatic rings. The lowest BCUT2D eigenvalue weighted by atomic mass is 9.85. The van der Waals surface area contributed by atoms with Gasteiger partial charge in [-0.25, -0.2) is 9.37 Å². The van der Waals surface area contributed by atoms with Gasteiger partial charge >= 0.3 is 0 Å². The van der Waals surface area contributed by atoms with Crippen LogP contribution in [0.1, 0.15) is 25.7 Å². The smallest absolute Gasteiger partial charge is 0.228 e. The van der Waals surface area contributed by atoms with Gasteiger partial charge in [-0.1, -0.05) is 18.0 Å². The second-order valence-corrected chi connectivity index (χ2v) is 6.91. The fourth-order valence-corrected chi connectivity index (χ4v) is 3.50. The molecule has 3 N–H and O–H groups in total. The number of ether oxygens (including phenoxy) is 1. The molecule has 0 spiro atoms. The molecule has 0 unspecified atom stereocenters. The molecule has 3 rings (SSSR count). The van der Waals surface area contributed by atoms with E-state index in [1.165, 1.54) is 25.4 Å². The van der Waals surface area contributed by atoms with Crippen molar-refractivity contribution in [3.05, 3.63) is 41.3 Å². The number of pyridine rings is 1. The van der Waals surface area contributed by atoms with E-state index in [0.717, 1.165) is 19.3 Å². The molecule has 2 aromatic rings. The van der Waals surface area contributed by atoms with Gasteiger partial charge < -0.3 is 15.8 Å². The maximum Gasteiger partial charge on any atom is 0.228 e. The molecule has 1 aromatic carbocycles. The van der Waals surface area contributed by atoms with Crippen molar-refractivity contribution >= 4 is 23.3 Å². The first-order valence-electron chi connectivity index (χ1n) is 8.54. The Balaban J connectivity index is 1.85. The topological polar surface area (TPSA) is 77.2 Å². The Hall–Kier alpha value is -2.18. The number of nitrogens with one attached hydrogen (secondary N) is 1. The summed E-state index contributed by atoms with van der Waals surface area (Å²) in [5.41, 5.74) is 7.19. The summed E-state index contributed by atoms with van der Waals surface area (Å²) in [5.74, 6) is 0.138. The van der Waals surface area contributed by atoms with E-state index in [1.54, 1.807) is 12.1 Å². The van der Waals surface area contributed by atoms with Crippen LogP contribution in [0.2, 0.25) is 5.02 Å². The summed E-state index contributed by atoms with van der Waals surface area (Å²) in [7, 11) is 1.46. The molecule has 1 heterocycles. The van der Waals surface area contributed by atoms with E-state index in [2.05, 4.69) is 10.3 Å². The van der Waals surface area contributed by atoms with Gasteiger partial charge in [0.1, 0.15) is 17.4 Å². The third kappa shape index (κ3) is 4.14. The summed E-state index contributed by atoms with van der Waals surface area (Å²) in [5, 5.41) is 3.22. The van der Waals surface area contributed by atoms with E-state index in [-0.39, 0.29) is 17.9 Å². The summed E-state index contributed by atoms with van der Waals surface area (Å²) in [6, 6.07) is 5.93. The number of rotatable bonds is 4. The van der Waals surface area contributed by atoms with Crippen LogP contribution in [0, 0.1) is 11.7 Å². The lowest BCUT2D eigenvalue weighted by molar-refractivity contribution is -0.120. The predicted molar refractivity (Wildman–Crippen MR) is 99.8 cm³/mol. The predicted octanol–water partition coefficient (Wildman–Crippen LogP) is 4.01. The second-order valence-electron chi connectivity index (χ2n) is 6.51. The van der Waals surface area contributed by atoms with Crippen LogP contribution in [0.25, 0.3) is 11.1 Å². The summed E-state index contributed by atoms with van der Waals surface area (Å²) in [4.78, 5) is 16.7. The molecule has 1 aliphatic carbocycles. The minimum absolute atomic E-state index is 0.0664. The summed E-state index contributed by atoms with van der Waals surface area (Å²) in [6.07, 6.45) is 4.87. The van der Waals surface area contributed by atoms with Crippen LogP contribution >= 0.6 is 11.6 Å². The molecule has 5 nitrogen and oxygen atoms in total. The van der Waals surface area contributed by atoms with Gasteiger partial charge in [0.25, 0.3) is 0 Å². The third-order valence-corrected chi connectivity index (χ3v) is 4.95. The van der Waals surface area contributed by atoms with Crippen molar-refractivity contribution < 1.29 is 13.9 Å². The SMILES string of the molecule is COc1cc(F)ccc1-c1cc(NC(=O)[C@@H]2CCC[C@H](N)C2)ncc1Cl. The van der Waals surface area contributed by atoms with E-state index >= 15 is 0 Å². The van der Waals surface area contributed by atoms with Gasteiger partial charge in [0.2, 0.25) is 5.91 Å². The lowest BCUT2D eigenvalue weighted by Gasteiger charge is -2.25. The van der Waals surface area contributed by atoms with Gasteiger partial charge in [-0.05, 0) is 37.5 Å². The molecule has 0 bridgehead atoms. The first-order valence-corrected chi connectivity index (χ1v) is 8.91. The Morgan fingerprint density at radius 3 is 2.88 bits per heavy atom. The van der Waals surface area contributed by atoms with Crippen LogP contribution < -0.4 is 15.8 Å². The maximum absolute atomic E-state index is 13.4. The fraction of sp³-hybridized carbons (Fsp3) is 0.368. The van der Waals surface area contributed by atoms with E-state index in [9.17, 15) is 9.18 Å². The van der Waals surface area contributed by atoms with E-state index in [1.807, 2.05) is 0 Å². The fourth-order valence-electron chi connectivity index (χ4n) is 3.30. The number of aromatic nitrogens is 1. The number of nitrogens with zero attached hydrogens (tertiary/aromatic N) is 1. The highest BCUT2D eigenvalue weighted by Gasteiger charge is 2.25. The lowest BCUT2D eigenvalue weighted by Crippen LogP contribution is -2.34. The van der Waals surface area contributed by atoms with Crippen LogP contribution in [0.4, 0.5) is 10.2 Å². The normalized spacial score (nSPS) is 19.8. The molecular formula is C19H21ClFN3O2. The number of anilines is 1. The van der Waals surface area contributed by atoms with Gasteiger partial charge in [-0.15, -0.1) is 0 Å². The first kappa shape index (κ1) is 18.6. The van der Waals surface area contributed by atoms with Crippen LogP contribution in [0.5, 0.6) is 5.75 Å². The highest BCUT2D eigenvalue weighted by molar-refractivity contribution is 6.33. The zero-order chi connectivity index (χ0) is 18.7.